The zero-order chi connectivity index (χ0) is 29.1. The Bertz CT molecular complexity index is 1300. The summed E-state index contributed by atoms with van der Waals surface area (Å²) >= 11 is 6.34. The molecule has 0 aromatic heterocycles. The minimum atomic E-state index is -0.713. The van der Waals surface area contributed by atoms with Crippen molar-refractivity contribution in [3.63, 3.8) is 0 Å². The summed E-state index contributed by atoms with van der Waals surface area (Å²) in [5.74, 6) is -0.274. The highest BCUT2D eigenvalue weighted by Gasteiger charge is 2.34. The van der Waals surface area contributed by atoms with Crippen LogP contribution >= 0.6 is 11.6 Å². The first-order valence-electron chi connectivity index (χ1n) is 14.3. The maximum absolute atomic E-state index is 14.2. The van der Waals surface area contributed by atoms with Crippen LogP contribution in [-0.2, 0) is 27.3 Å². The summed E-state index contributed by atoms with van der Waals surface area (Å²) in [7, 11) is 1.57. The third-order valence-electron chi connectivity index (χ3n) is 8.73. The Morgan fingerprint density at radius 1 is 1.05 bits per heavy atom. The number of methoxy groups -OCH3 is 1. The van der Waals surface area contributed by atoms with E-state index in [4.69, 9.17) is 21.1 Å². The van der Waals surface area contributed by atoms with Gasteiger partial charge in [0.2, 0.25) is 11.8 Å². The van der Waals surface area contributed by atoms with Crippen molar-refractivity contribution in [2.24, 2.45) is 11.8 Å². The maximum Gasteiger partial charge on any atom is 0.306 e. The molecule has 3 aliphatic rings. The van der Waals surface area contributed by atoms with Gasteiger partial charge in [0.15, 0.2) is 11.5 Å². The van der Waals surface area contributed by atoms with Gasteiger partial charge in [0.25, 0.3) is 0 Å². The first-order valence-corrected chi connectivity index (χ1v) is 14.7. The van der Waals surface area contributed by atoms with E-state index in [1.54, 1.807) is 7.11 Å². The Morgan fingerprint density at radius 2 is 1.78 bits per heavy atom. The summed E-state index contributed by atoms with van der Waals surface area (Å²) in [5, 5.41) is 9.63. The number of carbonyl (C=O) groups is 3. The second kappa shape index (κ2) is 12.8. The fraction of sp³-hybridized carbons (Fsp3) is 0.516. The van der Waals surface area contributed by atoms with Crippen LogP contribution in [0.1, 0.15) is 67.7 Å². The number of amides is 2. The average Bonchev–Trinajstić information content (AvgIpc) is 3.54. The Morgan fingerprint density at radius 3 is 2.46 bits per heavy atom. The largest absolute Gasteiger partial charge is 0.493 e. The molecule has 1 unspecified atom stereocenters. The third kappa shape index (κ3) is 6.51. The van der Waals surface area contributed by atoms with Gasteiger partial charge in [-0.3, -0.25) is 24.2 Å². The number of likely N-dealkylation sites (tertiary alicyclic amines) is 1. The number of carbonyl (C=O) groups excluding carboxylic acids is 2. The Balaban J connectivity index is 1.31. The van der Waals surface area contributed by atoms with Crippen LogP contribution in [0.15, 0.2) is 30.3 Å². The predicted octanol–water partition coefficient (Wildman–Crippen LogP) is 5.40. The van der Waals surface area contributed by atoms with Gasteiger partial charge < -0.3 is 14.6 Å². The molecule has 0 radical (unpaired) electrons. The minimum Gasteiger partial charge on any atom is -0.493 e. The van der Waals surface area contributed by atoms with Crippen molar-refractivity contribution in [1.82, 2.24) is 9.80 Å². The fourth-order valence-electron chi connectivity index (χ4n) is 6.50. The standard InChI is InChI=1S/C31H36ClFN2O6/c1-40-27-16-20(4-11-26(27)41-15-14-35-28(36)12-13-29(35)37)18-34(17-19-2-5-21(6-3-19)31(38)39)25-10-8-23-22(25)7-9-24(33)30(23)32/h4,7,9,11,16,19,21,25H,2-3,5-6,8,10,12-15,17-18H2,1H3,(H,38,39)/t19-,21-,25?. The topological polar surface area (TPSA) is 96.4 Å². The highest BCUT2D eigenvalue weighted by Crippen LogP contribution is 2.42. The van der Waals surface area contributed by atoms with Gasteiger partial charge in [-0.2, -0.15) is 0 Å². The zero-order valence-electron chi connectivity index (χ0n) is 23.2. The lowest BCUT2D eigenvalue weighted by molar-refractivity contribution is -0.143. The van der Waals surface area contributed by atoms with Crippen LogP contribution in [0.2, 0.25) is 5.02 Å². The maximum atomic E-state index is 14.2. The molecule has 41 heavy (non-hydrogen) atoms. The van der Waals surface area contributed by atoms with Crippen molar-refractivity contribution in [1.29, 1.82) is 0 Å². The molecule has 2 aliphatic carbocycles. The van der Waals surface area contributed by atoms with E-state index in [2.05, 4.69) is 4.90 Å². The molecular weight excluding hydrogens is 551 g/mol. The monoisotopic (exact) mass is 586 g/mol. The van der Waals surface area contributed by atoms with Gasteiger partial charge in [0.05, 0.1) is 24.6 Å². The van der Waals surface area contributed by atoms with Gasteiger partial charge in [-0.1, -0.05) is 23.7 Å². The van der Waals surface area contributed by atoms with Crippen molar-refractivity contribution >= 4 is 29.4 Å². The van der Waals surface area contributed by atoms with E-state index in [0.717, 1.165) is 42.5 Å². The van der Waals surface area contributed by atoms with Gasteiger partial charge >= 0.3 is 5.97 Å². The molecule has 8 nitrogen and oxygen atoms in total. The van der Waals surface area contributed by atoms with Crippen molar-refractivity contribution in [2.45, 2.75) is 64.0 Å². The quantitative estimate of drug-likeness (QED) is 0.352. The number of fused-ring (bicyclic) bond motifs is 1. The highest BCUT2D eigenvalue weighted by molar-refractivity contribution is 6.31. The molecule has 2 amide bonds. The van der Waals surface area contributed by atoms with Crippen LogP contribution in [0.3, 0.4) is 0 Å². The number of nitrogens with zero attached hydrogens (tertiary/aromatic N) is 2. The molecule has 1 saturated carbocycles. The van der Waals surface area contributed by atoms with Crippen LogP contribution in [0, 0.1) is 17.7 Å². The van der Waals surface area contributed by atoms with Crippen LogP contribution in [0.25, 0.3) is 0 Å². The molecule has 1 N–H and O–H groups in total. The van der Waals surface area contributed by atoms with Crippen molar-refractivity contribution in [2.75, 3.05) is 26.8 Å². The Hall–Kier alpha value is -3.17. The van der Waals surface area contributed by atoms with Crippen molar-refractivity contribution in [3.8, 4) is 11.5 Å². The zero-order valence-corrected chi connectivity index (χ0v) is 24.0. The normalized spacial score (nSPS) is 22.3. The van der Waals surface area contributed by atoms with E-state index in [1.807, 2.05) is 24.3 Å². The van der Waals surface area contributed by atoms with Gasteiger partial charge in [-0.05, 0) is 79.3 Å². The number of carboxylic acids is 1. The number of carboxylic acid groups (broad SMARTS) is 1. The summed E-state index contributed by atoms with van der Waals surface area (Å²) < 4.78 is 25.7. The molecule has 2 aromatic rings. The van der Waals surface area contributed by atoms with Crippen LogP contribution in [0.4, 0.5) is 4.39 Å². The van der Waals surface area contributed by atoms with E-state index < -0.39 is 11.8 Å². The molecule has 1 atom stereocenters. The number of ether oxygens (including phenoxy) is 2. The lowest BCUT2D eigenvalue weighted by Gasteiger charge is -2.35. The van der Waals surface area contributed by atoms with Gasteiger partial charge in [-0.15, -0.1) is 0 Å². The van der Waals surface area contributed by atoms with Crippen LogP contribution in [0.5, 0.6) is 11.5 Å². The van der Waals surface area contributed by atoms with Crippen LogP contribution < -0.4 is 9.47 Å². The molecule has 1 aliphatic heterocycles. The molecule has 220 valence electrons. The number of hydrogen-bond donors (Lipinski definition) is 1. The lowest BCUT2D eigenvalue weighted by Crippen LogP contribution is -2.34. The highest BCUT2D eigenvalue weighted by atomic mass is 35.5. The molecule has 1 heterocycles. The summed E-state index contributed by atoms with van der Waals surface area (Å²) in [6.45, 7) is 1.79. The van der Waals surface area contributed by atoms with Crippen molar-refractivity contribution < 1.29 is 33.4 Å². The molecule has 2 aromatic carbocycles. The van der Waals surface area contributed by atoms with E-state index in [-0.39, 0.29) is 54.8 Å². The first-order chi connectivity index (χ1) is 19.7. The number of benzene rings is 2. The summed E-state index contributed by atoms with van der Waals surface area (Å²) in [4.78, 5) is 38.9. The first kappa shape index (κ1) is 29.3. The predicted molar refractivity (Wildman–Crippen MR) is 150 cm³/mol. The molecule has 10 heteroatoms. The minimum absolute atomic E-state index is 0.0674. The van der Waals surface area contributed by atoms with Gasteiger partial charge in [0, 0.05) is 32.0 Å². The Kier molecular flexibility index (Phi) is 9.14. The summed E-state index contributed by atoms with van der Waals surface area (Å²) in [6.07, 6.45) is 5.11. The molecule has 0 bridgehead atoms. The average molecular weight is 587 g/mol. The van der Waals surface area contributed by atoms with Crippen molar-refractivity contribution in [3.05, 3.63) is 57.9 Å². The van der Waals surface area contributed by atoms with E-state index >= 15 is 0 Å². The lowest BCUT2D eigenvalue weighted by atomic mass is 9.81. The summed E-state index contributed by atoms with van der Waals surface area (Å²) in [6, 6.07) is 9.10. The molecule has 1 saturated heterocycles. The Labute approximate surface area is 244 Å². The molecular formula is C31H36ClFN2O6. The van der Waals surface area contributed by atoms with E-state index in [9.17, 15) is 23.9 Å². The number of imide groups is 1. The second-order valence-corrected chi connectivity index (χ2v) is 11.6. The number of halogens is 2. The van der Waals surface area contributed by atoms with E-state index in [0.29, 0.717) is 43.2 Å². The molecule has 2 fully saturated rings. The SMILES string of the molecule is COc1cc(CN(C[C@H]2CC[C@H](C(=O)O)CC2)C2CCc3c2ccc(F)c3Cl)ccc1OCCN1C(=O)CCC1=O. The van der Waals surface area contributed by atoms with Crippen LogP contribution in [-0.4, -0.2) is 59.5 Å². The number of aliphatic carboxylic acids is 1. The summed E-state index contributed by atoms with van der Waals surface area (Å²) in [5.41, 5.74) is 2.93. The van der Waals surface area contributed by atoms with Gasteiger partial charge in [-0.25, -0.2) is 4.39 Å². The third-order valence-corrected chi connectivity index (χ3v) is 9.14. The molecule has 0 spiro atoms. The molecule has 5 rings (SSSR count). The fourth-order valence-corrected chi connectivity index (χ4v) is 6.77. The van der Waals surface area contributed by atoms with E-state index in [1.165, 1.54) is 11.0 Å². The smallest absolute Gasteiger partial charge is 0.306 e. The van der Waals surface area contributed by atoms with Gasteiger partial charge in [0.1, 0.15) is 12.4 Å². The second-order valence-electron chi connectivity index (χ2n) is 11.2. The number of hydrogen-bond acceptors (Lipinski definition) is 6. The number of rotatable bonds is 11.